The molecule has 1 amide bonds. The highest BCUT2D eigenvalue weighted by atomic mass is 32.2. The number of carboxylic acid groups (broad SMARTS) is 1. The van der Waals surface area contributed by atoms with Crippen LogP contribution in [-0.4, -0.2) is 24.0 Å². The first-order chi connectivity index (χ1) is 7.59. The van der Waals surface area contributed by atoms with Gasteiger partial charge in [-0.15, -0.1) is 0 Å². The summed E-state index contributed by atoms with van der Waals surface area (Å²) in [5.41, 5.74) is 0.806. The fraction of sp³-hybridized carbons (Fsp3) is 0.0909. The summed E-state index contributed by atoms with van der Waals surface area (Å²) in [6.07, 6.45) is 0.944. The minimum Gasteiger partial charge on any atom is -0.478 e. The maximum Gasteiger partial charge on any atom is 0.329 e. The minimum atomic E-state index is -1.11. The Morgan fingerprint density at radius 1 is 1.44 bits per heavy atom. The molecule has 0 saturated carbocycles. The van der Waals surface area contributed by atoms with Crippen molar-refractivity contribution in [3.05, 3.63) is 35.2 Å². The average Bonchev–Trinajstić information content (AvgIpc) is 2.25. The summed E-state index contributed by atoms with van der Waals surface area (Å²) >= 11 is 1.19. The molecular formula is C11H9NO3S. The highest BCUT2D eigenvalue weighted by Crippen LogP contribution is 2.40. The van der Waals surface area contributed by atoms with Gasteiger partial charge in [0.2, 0.25) is 0 Å². The lowest BCUT2D eigenvalue weighted by molar-refractivity contribution is -0.131. The van der Waals surface area contributed by atoms with Gasteiger partial charge in [0.15, 0.2) is 0 Å². The maximum absolute atomic E-state index is 11.8. The second-order valence-corrected chi connectivity index (χ2v) is 4.36. The van der Waals surface area contributed by atoms with Gasteiger partial charge in [0.25, 0.3) is 5.91 Å². The number of rotatable bonds is 1. The van der Waals surface area contributed by atoms with E-state index in [1.165, 1.54) is 16.7 Å². The number of fused-ring (bicyclic) bond motifs is 1. The van der Waals surface area contributed by atoms with E-state index in [-0.39, 0.29) is 10.8 Å². The fourth-order valence-corrected chi connectivity index (χ4v) is 2.54. The molecule has 0 saturated heterocycles. The Balaban J connectivity index is 2.47. The minimum absolute atomic E-state index is 0.230. The number of likely N-dealkylation sites (N-methyl/N-ethyl adjacent to an activating group) is 1. The molecule has 1 aliphatic heterocycles. The predicted molar refractivity (Wildman–Crippen MR) is 61.4 cm³/mol. The van der Waals surface area contributed by atoms with E-state index in [0.717, 1.165) is 16.7 Å². The van der Waals surface area contributed by atoms with Crippen molar-refractivity contribution < 1.29 is 14.7 Å². The van der Waals surface area contributed by atoms with Gasteiger partial charge >= 0.3 is 5.97 Å². The molecule has 5 heteroatoms. The van der Waals surface area contributed by atoms with Gasteiger partial charge in [0, 0.05) is 18.0 Å². The number of thioether (sulfide) groups is 1. The number of amides is 1. The fourth-order valence-electron chi connectivity index (χ4n) is 1.46. The summed E-state index contributed by atoms with van der Waals surface area (Å²) in [5.74, 6) is -1.39. The first kappa shape index (κ1) is 10.8. The summed E-state index contributed by atoms with van der Waals surface area (Å²) in [5, 5.41) is 8.66. The summed E-state index contributed by atoms with van der Waals surface area (Å²) < 4.78 is 0. The number of hydrogen-bond acceptors (Lipinski definition) is 3. The molecule has 0 unspecified atom stereocenters. The van der Waals surface area contributed by atoms with Gasteiger partial charge in [0.05, 0.1) is 10.6 Å². The largest absolute Gasteiger partial charge is 0.478 e. The smallest absolute Gasteiger partial charge is 0.329 e. The maximum atomic E-state index is 11.8. The van der Waals surface area contributed by atoms with Crippen LogP contribution in [0.25, 0.3) is 0 Å². The van der Waals surface area contributed by atoms with Gasteiger partial charge in [-0.2, -0.15) is 0 Å². The van der Waals surface area contributed by atoms with Crippen LogP contribution in [0, 0.1) is 0 Å². The molecule has 0 atom stereocenters. The summed E-state index contributed by atoms with van der Waals surface area (Å²) in [4.78, 5) is 24.9. The summed E-state index contributed by atoms with van der Waals surface area (Å²) in [6, 6.07) is 7.39. The van der Waals surface area contributed by atoms with Crippen LogP contribution < -0.4 is 4.90 Å². The zero-order valence-electron chi connectivity index (χ0n) is 8.51. The van der Waals surface area contributed by atoms with Crippen molar-refractivity contribution in [2.24, 2.45) is 0 Å². The number of para-hydroxylation sites is 1. The van der Waals surface area contributed by atoms with Crippen molar-refractivity contribution in [3.63, 3.8) is 0 Å². The Kier molecular flexibility index (Phi) is 2.70. The van der Waals surface area contributed by atoms with Gasteiger partial charge < -0.3 is 10.0 Å². The lowest BCUT2D eigenvalue weighted by Crippen LogP contribution is -2.30. The first-order valence-electron chi connectivity index (χ1n) is 4.59. The lowest BCUT2D eigenvalue weighted by atomic mass is 10.3. The van der Waals surface area contributed by atoms with E-state index in [2.05, 4.69) is 0 Å². The summed E-state index contributed by atoms with van der Waals surface area (Å²) in [7, 11) is 1.64. The van der Waals surface area contributed by atoms with Crippen LogP contribution in [-0.2, 0) is 9.59 Å². The van der Waals surface area contributed by atoms with Gasteiger partial charge in [-0.3, -0.25) is 4.79 Å². The van der Waals surface area contributed by atoms with Crippen molar-refractivity contribution in [2.75, 3.05) is 11.9 Å². The SMILES string of the molecule is CN1C(=O)/C(=C/C(=O)O)Sc2ccccc21. The van der Waals surface area contributed by atoms with E-state index in [0.29, 0.717) is 0 Å². The number of aliphatic carboxylic acids is 1. The van der Waals surface area contributed by atoms with Crippen LogP contribution in [0.2, 0.25) is 0 Å². The lowest BCUT2D eigenvalue weighted by Gasteiger charge is -2.26. The van der Waals surface area contributed by atoms with E-state index in [9.17, 15) is 9.59 Å². The van der Waals surface area contributed by atoms with Crippen LogP contribution >= 0.6 is 11.8 Å². The van der Waals surface area contributed by atoms with Crippen molar-refractivity contribution in [2.45, 2.75) is 4.90 Å². The van der Waals surface area contributed by atoms with Crippen LogP contribution in [0.5, 0.6) is 0 Å². The number of benzene rings is 1. The molecule has 2 rings (SSSR count). The number of carbonyl (C=O) groups excluding carboxylic acids is 1. The predicted octanol–water partition coefficient (Wildman–Crippen LogP) is 1.72. The van der Waals surface area contributed by atoms with E-state index in [4.69, 9.17) is 5.11 Å². The molecule has 1 heterocycles. The molecule has 0 spiro atoms. The number of hydrogen-bond donors (Lipinski definition) is 1. The number of anilines is 1. The van der Waals surface area contributed by atoms with Crippen molar-refractivity contribution in [1.29, 1.82) is 0 Å². The molecule has 82 valence electrons. The van der Waals surface area contributed by atoms with Crippen molar-refractivity contribution >= 4 is 29.3 Å². The normalized spacial score (nSPS) is 17.4. The Bertz CT molecular complexity index is 496. The van der Waals surface area contributed by atoms with Crippen molar-refractivity contribution in [1.82, 2.24) is 0 Å². The molecule has 1 aliphatic rings. The van der Waals surface area contributed by atoms with Gasteiger partial charge in [-0.1, -0.05) is 23.9 Å². The van der Waals surface area contributed by atoms with Crippen LogP contribution in [0.3, 0.4) is 0 Å². The Morgan fingerprint density at radius 2 is 2.12 bits per heavy atom. The monoisotopic (exact) mass is 235 g/mol. The Hall–Kier alpha value is -1.75. The van der Waals surface area contributed by atoms with Crippen LogP contribution in [0.15, 0.2) is 40.1 Å². The first-order valence-corrected chi connectivity index (χ1v) is 5.41. The number of carboxylic acids is 1. The third-order valence-corrected chi connectivity index (χ3v) is 3.29. The highest BCUT2D eigenvalue weighted by molar-refractivity contribution is 8.04. The second-order valence-electron chi connectivity index (χ2n) is 3.28. The quantitative estimate of drug-likeness (QED) is 0.753. The molecule has 1 aromatic carbocycles. The standard InChI is InChI=1S/C11H9NO3S/c1-12-7-4-2-3-5-8(7)16-9(11(12)15)6-10(13)14/h2-6H,1H3,(H,13,14)/b9-6-. The molecule has 0 fully saturated rings. The average molecular weight is 235 g/mol. The molecular weight excluding hydrogens is 226 g/mol. The topological polar surface area (TPSA) is 57.6 Å². The van der Waals surface area contributed by atoms with Crippen LogP contribution in [0.1, 0.15) is 0 Å². The Labute approximate surface area is 96.6 Å². The molecule has 0 radical (unpaired) electrons. The molecule has 0 aliphatic carbocycles. The van der Waals surface area contributed by atoms with E-state index >= 15 is 0 Å². The highest BCUT2D eigenvalue weighted by Gasteiger charge is 2.26. The van der Waals surface area contributed by atoms with Crippen LogP contribution in [0.4, 0.5) is 5.69 Å². The molecule has 1 aromatic rings. The van der Waals surface area contributed by atoms with E-state index in [1.54, 1.807) is 7.05 Å². The summed E-state index contributed by atoms with van der Waals surface area (Å²) in [6.45, 7) is 0. The molecule has 16 heavy (non-hydrogen) atoms. The second kappa shape index (κ2) is 4.02. The van der Waals surface area contributed by atoms with Gasteiger partial charge in [0.1, 0.15) is 0 Å². The molecule has 0 aromatic heterocycles. The zero-order valence-corrected chi connectivity index (χ0v) is 9.32. The number of nitrogens with zero attached hydrogens (tertiary/aromatic N) is 1. The van der Waals surface area contributed by atoms with E-state index in [1.807, 2.05) is 24.3 Å². The zero-order chi connectivity index (χ0) is 11.7. The molecule has 4 nitrogen and oxygen atoms in total. The Morgan fingerprint density at radius 3 is 2.81 bits per heavy atom. The van der Waals surface area contributed by atoms with Gasteiger partial charge in [-0.25, -0.2) is 4.79 Å². The van der Waals surface area contributed by atoms with Gasteiger partial charge in [-0.05, 0) is 12.1 Å². The van der Waals surface area contributed by atoms with E-state index < -0.39 is 5.97 Å². The third-order valence-electron chi connectivity index (χ3n) is 2.22. The third kappa shape index (κ3) is 1.81. The molecule has 1 N–H and O–H groups in total. The molecule has 0 bridgehead atoms. The number of carbonyl (C=O) groups is 2. The van der Waals surface area contributed by atoms with Crippen molar-refractivity contribution in [3.8, 4) is 0 Å².